The van der Waals surface area contributed by atoms with Gasteiger partial charge < -0.3 is 10.7 Å². The minimum Gasteiger partial charge on any atom is -0.368 e. The Morgan fingerprint density at radius 1 is 1.35 bits per heavy atom. The molecule has 1 atom stereocenters. The molecule has 3 rings (SSSR count). The minimum absolute atomic E-state index is 0.0237. The lowest BCUT2D eigenvalue weighted by Gasteiger charge is -2.20. The Hall–Kier alpha value is -2.14. The zero-order chi connectivity index (χ0) is 14.1. The number of H-pyrrole nitrogens is 1. The Balaban J connectivity index is 1.81. The van der Waals surface area contributed by atoms with Gasteiger partial charge in [-0.15, -0.1) is 0 Å². The van der Waals surface area contributed by atoms with Crippen LogP contribution in [0.1, 0.15) is 23.2 Å². The number of aromatic amines is 1. The monoisotopic (exact) mass is 271 g/mol. The summed E-state index contributed by atoms with van der Waals surface area (Å²) in [7, 11) is 0. The van der Waals surface area contributed by atoms with Gasteiger partial charge in [0, 0.05) is 22.7 Å². The summed E-state index contributed by atoms with van der Waals surface area (Å²) in [6.45, 7) is 0.997. The number of hydrogen-bond donors (Lipinski definition) is 2. The number of Topliss-reactive ketones (excluding diaryl/α,β-unsaturated/α-hetero) is 1. The van der Waals surface area contributed by atoms with E-state index in [2.05, 4.69) is 4.98 Å². The van der Waals surface area contributed by atoms with Gasteiger partial charge in [0.15, 0.2) is 5.78 Å². The number of ketones is 1. The van der Waals surface area contributed by atoms with E-state index in [1.165, 1.54) is 0 Å². The SMILES string of the molecule is NC(=O)C1CCCN1CC(=O)c1c[nH]c2ccccc12. The van der Waals surface area contributed by atoms with Crippen LogP contribution in [0, 0.1) is 0 Å². The number of carbonyl (C=O) groups excluding carboxylic acids is 2. The molecular formula is C15H17N3O2. The molecule has 0 bridgehead atoms. The lowest BCUT2D eigenvalue weighted by molar-refractivity contribution is -0.122. The Labute approximate surface area is 116 Å². The second-order valence-electron chi connectivity index (χ2n) is 5.20. The Morgan fingerprint density at radius 3 is 2.95 bits per heavy atom. The predicted molar refractivity (Wildman–Crippen MR) is 76.4 cm³/mol. The van der Waals surface area contributed by atoms with Crippen molar-refractivity contribution in [1.29, 1.82) is 0 Å². The molecule has 1 amide bonds. The van der Waals surface area contributed by atoms with Crippen LogP contribution in [0.25, 0.3) is 10.9 Å². The number of benzene rings is 1. The summed E-state index contributed by atoms with van der Waals surface area (Å²) < 4.78 is 0. The number of primary amides is 1. The lowest BCUT2D eigenvalue weighted by Crippen LogP contribution is -2.42. The molecular weight excluding hydrogens is 254 g/mol. The summed E-state index contributed by atoms with van der Waals surface area (Å²) in [5.41, 5.74) is 7.00. The maximum atomic E-state index is 12.4. The van der Waals surface area contributed by atoms with E-state index in [-0.39, 0.29) is 24.3 Å². The largest absolute Gasteiger partial charge is 0.368 e. The van der Waals surface area contributed by atoms with Crippen molar-refractivity contribution in [3.63, 3.8) is 0 Å². The highest BCUT2D eigenvalue weighted by Gasteiger charge is 2.30. The van der Waals surface area contributed by atoms with E-state index in [0.29, 0.717) is 5.56 Å². The molecule has 0 aliphatic carbocycles. The molecule has 1 fully saturated rings. The fourth-order valence-electron chi connectivity index (χ4n) is 2.91. The van der Waals surface area contributed by atoms with Crippen molar-refractivity contribution in [2.75, 3.05) is 13.1 Å². The van der Waals surface area contributed by atoms with Crippen molar-refractivity contribution in [3.05, 3.63) is 36.0 Å². The van der Waals surface area contributed by atoms with Gasteiger partial charge in [0.2, 0.25) is 5.91 Å². The third-order valence-corrected chi connectivity index (χ3v) is 3.93. The van der Waals surface area contributed by atoms with Gasteiger partial charge in [0.1, 0.15) is 0 Å². The van der Waals surface area contributed by atoms with E-state index < -0.39 is 0 Å². The topological polar surface area (TPSA) is 79.2 Å². The molecule has 104 valence electrons. The quantitative estimate of drug-likeness (QED) is 0.823. The Bertz CT molecular complexity index is 662. The van der Waals surface area contributed by atoms with Gasteiger partial charge in [-0.1, -0.05) is 18.2 Å². The maximum Gasteiger partial charge on any atom is 0.234 e. The molecule has 2 heterocycles. The first-order valence-corrected chi connectivity index (χ1v) is 6.79. The van der Waals surface area contributed by atoms with Gasteiger partial charge in [-0.3, -0.25) is 14.5 Å². The van der Waals surface area contributed by atoms with Crippen LogP contribution in [0.15, 0.2) is 30.5 Å². The number of amides is 1. The van der Waals surface area contributed by atoms with Gasteiger partial charge in [-0.25, -0.2) is 0 Å². The standard InChI is InChI=1S/C15H17N3O2/c16-15(20)13-6-3-7-18(13)9-14(19)11-8-17-12-5-2-1-4-10(11)12/h1-2,4-5,8,13,17H,3,6-7,9H2,(H2,16,20). The second-order valence-corrected chi connectivity index (χ2v) is 5.20. The van der Waals surface area contributed by atoms with Crippen LogP contribution in [0.3, 0.4) is 0 Å². The number of hydrogen-bond acceptors (Lipinski definition) is 3. The molecule has 2 aromatic rings. The van der Waals surface area contributed by atoms with Crippen molar-refractivity contribution in [1.82, 2.24) is 9.88 Å². The van der Waals surface area contributed by atoms with E-state index in [9.17, 15) is 9.59 Å². The Morgan fingerprint density at radius 2 is 2.15 bits per heavy atom. The van der Waals surface area contributed by atoms with Crippen LogP contribution < -0.4 is 5.73 Å². The van der Waals surface area contributed by atoms with Gasteiger partial charge in [0.05, 0.1) is 12.6 Å². The van der Waals surface area contributed by atoms with Crippen LogP contribution in [-0.2, 0) is 4.79 Å². The summed E-state index contributed by atoms with van der Waals surface area (Å²) >= 11 is 0. The average molecular weight is 271 g/mol. The van der Waals surface area contributed by atoms with Gasteiger partial charge >= 0.3 is 0 Å². The molecule has 0 saturated carbocycles. The first-order chi connectivity index (χ1) is 9.66. The molecule has 1 saturated heterocycles. The number of carbonyl (C=O) groups is 2. The first-order valence-electron chi connectivity index (χ1n) is 6.79. The zero-order valence-electron chi connectivity index (χ0n) is 11.1. The van der Waals surface area contributed by atoms with Crippen LogP contribution in [0.2, 0.25) is 0 Å². The van der Waals surface area contributed by atoms with E-state index in [1.54, 1.807) is 6.20 Å². The molecule has 1 aliphatic rings. The van der Waals surface area contributed by atoms with E-state index in [0.717, 1.165) is 30.3 Å². The molecule has 3 N–H and O–H groups in total. The highest BCUT2D eigenvalue weighted by Crippen LogP contribution is 2.21. The predicted octanol–water partition coefficient (Wildman–Crippen LogP) is 1.30. The molecule has 0 spiro atoms. The van der Waals surface area contributed by atoms with Crippen LogP contribution in [0.5, 0.6) is 0 Å². The molecule has 1 aliphatic heterocycles. The van der Waals surface area contributed by atoms with E-state index >= 15 is 0 Å². The highest BCUT2D eigenvalue weighted by molar-refractivity contribution is 6.08. The number of rotatable bonds is 4. The fraction of sp³-hybridized carbons (Fsp3) is 0.333. The summed E-state index contributed by atoms with van der Waals surface area (Å²) in [5.74, 6) is -0.315. The molecule has 20 heavy (non-hydrogen) atoms. The zero-order valence-corrected chi connectivity index (χ0v) is 11.1. The molecule has 1 unspecified atom stereocenters. The number of nitrogens with zero attached hydrogens (tertiary/aromatic N) is 1. The van der Waals surface area contributed by atoms with Crippen LogP contribution in [-0.4, -0.2) is 40.7 Å². The second kappa shape index (κ2) is 5.09. The lowest BCUT2D eigenvalue weighted by atomic mass is 10.1. The number of aromatic nitrogens is 1. The third-order valence-electron chi connectivity index (χ3n) is 3.93. The van der Waals surface area contributed by atoms with Crippen molar-refractivity contribution >= 4 is 22.6 Å². The van der Waals surface area contributed by atoms with Crippen molar-refractivity contribution in [3.8, 4) is 0 Å². The first kappa shape index (κ1) is 12.9. The van der Waals surface area contributed by atoms with Crippen LogP contribution >= 0.6 is 0 Å². The number of nitrogens with two attached hydrogens (primary N) is 1. The molecule has 1 aromatic carbocycles. The van der Waals surface area contributed by atoms with Crippen molar-refractivity contribution < 1.29 is 9.59 Å². The Kier molecular flexibility index (Phi) is 3.28. The highest BCUT2D eigenvalue weighted by atomic mass is 16.1. The molecule has 5 nitrogen and oxygen atoms in total. The minimum atomic E-state index is -0.339. The molecule has 5 heteroatoms. The van der Waals surface area contributed by atoms with Gasteiger partial charge in [-0.2, -0.15) is 0 Å². The fourth-order valence-corrected chi connectivity index (χ4v) is 2.91. The van der Waals surface area contributed by atoms with E-state index in [1.807, 2.05) is 29.2 Å². The van der Waals surface area contributed by atoms with Crippen LogP contribution in [0.4, 0.5) is 0 Å². The van der Waals surface area contributed by atoms with Gasteiger partial charge in [-0.05, 0) is 25.5 Å². The smallest absolute Gasteiger partial charge is 0.234 e. The number of nitrogens with one attached hydrogen (secondary N) is 1. The number of fused-ring (bicyclic) bond motifs is 1. The normalized spacial score (nSPS) is 19.5. The third kappa shape index (κ3) is 2.20. The number of likely N-dealkylation sites (tertiary alicyclic amines) is 1. The van der Waals surface area contributed by atoms with Gasteiger partial charge in [0.25, 0.3) is 0 Å². The summed E-state index contributed by atoms with van der Waals surface area (Å²) in [5, 5.41) is 0.923. The number of para-hydroxylation sites is 1. The average Bonchev–Trinajstić information content (AvgIpc) is 3.04. The van der Waals surface area contributed by atoms with E-state index in [4.69, 9.17) is 5.73 Å². The van der Waals surface area contributed by atoms with Crippen molar-refractivity contribution in [2.24, 2.45) is 5.73 Å². The maximum absolute atomic E-state index is 12.4. The molecule has 1 aromatic heterocycles. The molecule has 0 radical (unpaired) electrons. The summed E-state index contributed by atoms with van der Waals surface area (Å²) in [4.78, 5) is 28.8. The summed E-state index contributed by atoms with van der Waals surface area (Å²) in [6.07, 6.45) is 3.40. The van der Waals surface area contributed by atoms with Crippen molar-refractivity contribution in [2.45, 2.75) is 18.9 Å². The summed E-state index contributed by atoms with van der Waals surface area (Å²) in [6, 6.07) is 7.40.